The first kappa shape index (κ1) is 15.3. The van der Waals surface area contributed by atoms with Gasteiger partial charge < -0.3 is 10.5 Å². The number of halogens is 2. The fourth-order valence-corrected chi connectivity index (χ4v) is 3.18. The van der Waals surface area contributed by atoms with E-state index < -0.39 is 0 Å². The number of rotatable bonds is 2. The average molecular weight is 426 g/mol. The first-order valence-electron chi connectivity index (χ1n) is 6.59. The lowest BCUT2D eigenvalue weighted by molar-refractivity contribution is 0.417. The van der Waals surface area contributed by atoms with Crippen LogP contribution in [-0.4, -0.2) is 22.1 Å². The van der Waals surface area contributed by atoms with Crippen molar-refractivity contribution in [3.63, 3.8) is 0 Å². The van der Waals surface area contributed by atoms with Gasteiger partial charge >= 0.3 is 0 Å². The van der Waals surface area contributed by atoms with Crippen LogP contribution in [0.2, 0.25) is 0 Å². The summed E-state index contributed by atoms with van der Waals surface area (Å²) in [7, 11) is 1.58. The lowest BCUT2D eigenvalue weighted by Gasteiger charge is -2.08. The Morgan fingerprint density at radius 3 is 2.55 bits per heavy atom. The smallest absolute Gasteiger partial charge is 0.145 e. The summed E-state index contributed by atoms with van der Waals surface area (Å²) in [5.41, 5.74) is 11.2. The van der Waals surface area contributed by atoms with E-state index >= 15 is 0 Å². The second-order valence-electron chi connectivity index (χ2n) is 4.98. The van der Waals surface area contributed by atoms with Gasteiger partial charge in [-0.25, -0.2) is 0 Å². The largest absolute Gasteiger partial charge is 0.494 e. The summed E-state index contributed by atoms with van der Waals surface area (Å²) >= 11 is 7.01. The van der Waals surface area contributed by atoms with Crippen LogP contribution in [0, 0.1) is 13.8 Å². The van der Waals surface area contributed by atoms with Gasteiger partial charge in [-0.15, -0.1) is 10.2 Å². The molecule has 3 aromatic rings. The third-order valence-electron chi connectivity index (χ3n) is 3.75. The molecule has 0 radical (unpaired) electrons. The Morgan fingerprint density at radius 1 is 1.14 bits per heavy atom. The highest BCUT2D eigenvalue weighted by atomic mass is 79.9. The van der Waals surface area contributed by atoms with Gasteiger partial charge in [-0.2, -0.15) is 4.80 Å². The molecule has 114 valence electrons. The van der Waals surface area contributed by atoms with Crippen LogP contribution >= 0.6 is 31.9 Å². The maximum atomic E-state index is 6.03. The van der Waals surface area contributed by atoms with E-state index in [0.717, 1.165) is 26.8 Å². The number of hydrogen-bond donors (Lipinski definition) is 1. The molecule has 2 N–H and O–H groups in total. The summed E-state index contributed by atoms with van der Waals surface area (Å²) < 4.78 is 7.03. The molecule has 0 unspecified atom stereocenters. The molecule has 0 bridgehead atoms. The first-order valence-corrected chi connectivity index (χ1v) is 8.17. The lowest BCUT2D eigenvalue weighted by atomic mass is 10.1. The highest BCUT2D eigenvalue weighted by molar-refractivity contribution is 9.11. The molecule has 3 rings (SSSR count). The van der Waals surface area contributed by atoms with Crippen LogP contribution in [0.3, 0.4) is 0 Å². The van der Waals surface area contributed by atoms with E-state index in [0.29, 0.717) is 21.4 Å². The molecule has 7 heteroatoms. The summed E-state index contributed by atoms with van der Waals surface area (Å²) in [6.45, 7) is 4.11. The monoisotopic (exact) mass is 424 g/mol. The topological polar surface area (TPSA) is 66.0 Å². The molecular weight excluding hydrogens is 412 g/mol. The SMILES string of the molecule is COc1cc2nn(-c3ccc(Br)c(C)c3C)nc2c(Br)c1N. The van der Waals surface area contributed by atoms with Gasteiger partial charge in [0.05, 0.1) is 23.0 Å². The molecule has 1 aromatic heterocycles. The van der Waals surface area contributed by atoms with E-state index in [1.165, 1.54) is 0 Å². The van der Waals surface area contributed by atoms with Gasteiger partial charge in [0, 0.05) is 10.5 Å². The molecule has 0 aliphatic rings. The Kier molecular flexibility index (Phi) is 3.86. The Hall–Kier alpha value is -1.60. The number of hydrogen-bond acceptors (Lipinski definition) is 4. The highest BCUT2D eigenvalue weighted by Gasteiger charge is 2.16. The number of anilines is 1. The molecule has 22 heavy (non-hydrogen) atoms. The fourth-order valence-electron chi connectivity index (χ4n) is 2.28. The normalized spacial score (nSPS) is 11.1. The zero-order valence-electron chi connectivity index (χ0n) is 12.3. The number of fused-ring (bicyclic) bond motifs is 1. The van der Waals surface area contributed by atoms with Crippen molar-refractivity contribution >= 4 is 48.6 Å². The van der Waals surface area contributed by atoms with Gasteiger partial charge in [-0.3, -0.25) is 0 Å². The number of benzene rings is 2. The van der Waals surface area contributed by atoms with Crippen LogP contribution in [0.15, 0.2) is 27.1 Å². The molecule has 1 heterocycles. The van der Waals surface area contributed by atoms with E-state index in [1.807, 2.05) is 19.1 Å². The van der Waals surface area contributed by atoms with Crippen molar-refractivity contribution in [3.05, 3.63) is 38.3 Å². The van der Waals surface area contributed by atoms with Gasteiger partial charge in [0.2, 0.25) is 0 Å². The van der Waals surface area contributed by atoms with Gasteiger partial charge in [-0.1, -0.05) is 15.9 Å². The Balaban J connectivity index is 2.26. The molecule has 0 amide bonds. The molecular formula is C15H14Br2N4O. The predicted octanol–water partition coefficient (Wildman–Crippen LogP) is 4.15. The zero-order chi connectivity index (χ0) is 16.0. The van der Waals surface area contributed by atoms with Gasteiger partial charge in [0.1, 0.15) is 16.8 Å². The van der Waals surface area contributed by atoms with Crippen molar-refractivity contribution in [1.29, 1.82) is 0 Å². The Bertz CT molecular complexity index is 889. The molecule has 2 aromatic carbocycles. The molecule has 0 atom stereocenters. The van der Waals surface area contributed by atoms with Crippen LogP contribution in [-0.2, 0) is 0 Å². The number of nitrogens with zero attached hydrogens (tertiary/aromatic N) is 3. The minimum atomic E-state index is 0.519. The van der Waals surface area contributed by atoms with E-state index in [-0.39, 0.29) is 0 Å². The third-order valence-corrected chi connectivity index (χ3v) is 5.41. The number of nitrogens with two attached hydrogens (primary N) is 1. The van der Waals surface area contributed by atoms with E-state index in [2.05, 4.69) is 49.0 Å². The number of methoxy groups -OCH3 is 1. The number of nitrogen functional groups attached to an aromatic ring is 1. The van der Waals surface area contributed by atoms with Crippen LogP contribution in [0.1, 0.15) is 11.1 Å². The summed E-state index contributed by atoms with van der Waals surface area (Å²) in [6, 6.07) is 5.77. The van der Waals surface area contributed by atoms with Crippen LogP contribution in [0.25, 0.3) is 16.7 Å². The zero-order valence-corrected chi connectivity index (χ0v) is 15.5. The number of aromatic nitrogens is 3. The van der Waals surface area contributed by atoms with E-state index in [4.69, 9.17) is 10.5 Å². The van der Waals surface area contributed by atoms with Crippen molar-refractivity contribution in [1.82, 2.24) is 15.0 Å². The van der Waals surface area contributed by atoms with Crippen molar-refractivity contribution in [2.45, 2.75) is 13.8 Å². The number of ether oxygens (including phenoxy) is 1. The minimum Gasteiger partial charge on any atom is -0.494 e. The Labute approximate surface area is 144 Å². The van der Waals surface area contributed by atoms with Crippen molar-refractivity contribution in [2.24, 2.45) is 0 Å². The quantitative estimate of drug-likeness (QED) is 0.626. The van der Waals surface area contributed by atoms with Gasteiger partial charge in [0.15, 0.2) is 0 Å². The third kappa shape index (κ3) is 2.28. The van der Waals surface area contributed by atoms with Gasteiger partial charge in [-0.05, 0) is 53.0 Å². The maximum absolute atomic E-state index is 6.03. The molecule has 0 aliphatic carbocycles. The summed E-state index contributed by atoms with van der Waals surface area (Å²) in [6.07, 6.45) is 0. The van der Waals surface area contributed by atoms with E-state index in [1.54, 1.807) is 18.0 Å². The summed E-state index contributed by atoms with van der Waals surface area (Å²) in [5, 5.41) is 9.11. The van der Waals surface area contributed by atoms with E-state index in [9.17, 15) is 0 Å². The van der Waals surface area contributed by atoms with Crippen molar-refractivity contribution in [3.8, 4) is 11.4 Å². The first-order chi connectivity index (χ1) is 10.4. The molecule has 0 fully saturated rings. The van der Waals surface area contributed by atoms with Crippen molar-refractivity contribution in [2.75, 3.05) is 12.8 Å². The highest BCUT2D eigenvalue weighted by Crippen LogP contribution is 2.36. The molecule has 5 nitrogen and oxygen atoms in total. The lowest BCUT2D eigenvalue weighted by Crippen LogP contribution is -2.02. The average Bonchev–Trinajstić information content (AvgIpc) is 2.92. The molecule has 0 spiro atoms. The molecule has 0 saturated carbocycles. The summed E-state index contributed by atoms with van der Waals surface area (Å²) in [4.78, 5) is 1.63. The van der Waals surface area contributed by atoms with Crippen LogP contribution in [0.5, 0.6) is 5.75 Å². The van der Waals surface area contributed by atoms with Crippen LogP contribution < -0.4 is 10.5 Å². The van der Waals surface area contributed by atoms with Gasteiger partial charge in [0.25, 0.3) is 0 Å². The molecule has 0 saturated heterocycles. The minimum absolute atomic E-state index is 0.519. The van der Waals surface area contributed by atoms with Crippen LogP contribution in [0.4, 0.5) is 5.69 Å². The Morgan fingerprint density at radius 2 is 1.86 bits per heavy atom. The standard InChI is InChI=1S/C15H14Br2N4O/c1-7-8(2)11(5-4-9(7)16)21-19-10-6-12(22-3)14(18)13(17)15(10)20-21/h4-6H,18H2,1-3H3. The van der Waals surface area contributed by atoms with Crippen molar-refractivity contribution < 1.29 is 4.74 Å². The fraction of sp³-hybridized carbons (Fsp3) is 0.200. The maximum Gasteiger partial charge on any atom is 0.145 e. The predicted molar refractivity (Wildman–Crippen MR) is 94.7 cm³/mol. The second-order valence-corrected chi connectivity index (χ2v) is 6.63. The second kappa shape index (κ2) is 5.55. The summed E-state index contributed by atoms with van der Waals surface area (Å²) in [5.74, 6) is 0.579. The molecule has 0 aliphatic heterocycles.